The van der Waals surface area contributed by atoms with Gasteiger partial charge in [0.1, 0.15) is 6.10 Å². The first-order valence-corrected chi connectivity index (χ1v) is 5.77. The van der Waals surface area contributed by atoms with Gasteiger partial charge in [-0.15, -0.1) is 0 Å². The summed E-state index contributed by atoms with van der Waals surface area (Å²) < 4.78 is 0. The van der Waals surface area contributed by atoms with Crippen molar-refractivity contribution >= 4 is 5.69 Å². The highest BCUT2D eigenvalue weighted by Gasteiger charge is 2.26. The summed E-state index contributed by atoms with van der Waals surface area (Å²) in [6, 6.07) is 14.3. The third-order valence-electron chi connectivity index (χ3n) is 3.39. The second-order valence-corrected chi connectivity index (χ2v) is 4.66. The largest absolute Gasteiger partial charge is 0.384 e. The number of aliphatic hydroxyl groups is 1. The smallest absolute Gasteiger partial charge is 0.105 e. The fourth-order valence-electron chi connectivity index (χ4n) is 2.45. The molecule has 0 amide bonds. The van der Waals surface area contributed by atoms with Crippen LogP contribution < -0.4 is 4.90 Å². The number of hydrogen-bond acceptors (Lipinski definition) is 2. The molecule has 2 aromatic carbocycles. The maximum atomic E-state index is 10.3. The lowest BCUT2D eigenvalue weighted by molar-refractivity contribution is 0.225. The van der Waals surface area contributed by atoms with Crippen LogP contribution in [0.2, 0.25) is 0 Å². The van der Waals surface area contributed by atoms with Gasteiger partial charge in [-0.1, -0.05) is 30.3 Å². The zero-order chi connectivity index (χ0) is 12.0. The predicted octanol–water partition coefficient (Wildman–Crippen LogP) is 2.81. The molecule has 17 heavy (non-hydrogen) atoms. The van der Waals surface area contributed by atoms with E-state index in [4.69, 9.17) is 0 Å². The summed E-state index contributed by atoms with van der Waals surface area (Å²) in [5.74, 6) is 0. The Morgan fingerprint density at radius 1 is 0.941 bits per heavy atom. The van der Waals surface area contributed by atoms with E-state index < -0.39 is 6.10 Å². The Morgan fingerprint density at radius 2 is 1.65 bits per heavy atom. The molecule has 0 bridgehead atoms. The average molecular weight is 225 g/mol. The third kappa shape index (κ3) is 1.45. The molecule has 0 saturated heterocycles. The molecular formula is C15H15NO. The summed E-state index contributed by atoms with van der Waals surface area (Å²) >= 11 is 0. The Morgan fingerprint density at radius 3 is 2.41 bits per heavy atom. The van der Waals surface area contributed by atoms with Crippen LogP contribution in [0.5, 0.6) is 0 Å². The Bertz CT molecular complexity index is 575. The van der Waals surface area contributed by atoms with Crippen molar-refractivity contribution in [3.05, 3.63) is 53.6 Å². The highest BCUT2D eigenvalue weighted by Crippen LogP contribution is 2.44. The Labute approximate surface area is 101 Å². The molecule has 0 aliphatic heterocycles. The molecular weight excluding hydrogens is 210 g/mol. The van der Waals surface area contributed by atoms with Crippen LogP contribution in [0.4, 0.5) is 5.69 Å². The normalized spacial score (nSPS) is 16.5. The lowest BCUT2D eigenvalue weighted by Gasteiger charge is -2.14. The lowest BCUT2D eigenvalue weighted by atomic mass is 10.1. The van der Waals surface area contributed by atoms with Crippen LogP contribution in [0, 0.1) is 0 Å². The van der Waals surface area contributed by atoms with E-state index in [-0.39, 0.29) is 0 Å². The molecule has 3 rings (SSSR count). The van der Waals surface area contributed by atoms with Crippen molar-refractivity contribution in [2.45, 2.75) is 6.10 Å². The second-order valence-electron chi connectivity index (χ2n) is 4.66. The molecule has 0 radical (unpaired) electrons. The van der Waals surface area contributed by atoms with Crippen molar-refractivity contribution in [1.82, 2.24) is 0 Å². The van der Waals surface area contributed by atoms with E-state index in [0.717, 1.165) is 27.9 Å². The van der Waals surface area contributed by atoms with E-state index >= 15 is 0 Å². The molecule has 0 fully saturated rings. The number of aliphatic hydroxyl groups excluding tert-OH is 1. The van der Waals surface area contributed by atoms with Gasteiger partial charge in [-0.2, -0.15) is 0 Å². The molecule has 1 N–H and O–H groups in total. The van der Waals surface area contributed by atoms with Gasteiger partial charge >= 0.3 is 0 Å². The Hall–Kier alpha value is -1.80. The zero-order valence-corrected chi connectivity index (χ0v) is 10.0. The van der Waals surface area contributed by atoms with Gasteiger partial charge in [-0.3, -0.25) is 0 Å². The lowest BCUT2D eigenvalue weighted by Crippen LogP contribution is -2.09. The van der Waals surface area contributed by atoms with Crippen molar-refractivity contribution in [3.63, 3.8) is 0 Å². The van der Waals surface area contributed by atoms with E-state index in [9.17, 15) is 5.11 Å². The minimum Gasteiger partial charge on any atom is -0.384 e. The fraction of sp³-hybridized carbons (Fsp3) is 0.200. The monoisotopic (exact) mass is 225 g/mol. The summed E-state index contributed by atoms with van der Waals surface area (Å²) in [6.07, 6.45) is -0.485. The summed E-state index contributed by atoms with van der Waals surface area (Å²) in [6.45, 7) is 0. The van der Waals surface area contributed by atoms with Gasteiger partial charge < -0.3 is 10.0 Å². The summed E-state index contributed by atoms with van der Waals surface area (Å²) in [5.41, 5.74) is 5.45. The molecule has 1 atom stereocenters. The molecule has 1 aliphatic carbocycles. The molecule has 0 aromatic heterocycles. The van der Waals surface area contributed by atoms with Crippen molar-refractivity contribution in [1.29, 1.82) is 0 Å². The Kier molecular flexibility index (Phi) is 2.20. The van der Waals surface area contributed by atoms with Gasteiger partial charge in [0.2, 0.25) is 0 Å². The Balaban J connectivity index is 2.20. The number of hydrogen-bond donors (Lipinski definition) is 1. The number of anilines is 1. The van der Waals surface area contributed by atoms with E-state index in [2.05, 4.69) is 29.2 Å². The first-order valence-electron chi connectivity index (χ1n) is 5.77. The summed E-state index contributed by atoms with van der Waals surface area (Å²) in [7, 11) is 4.02. The quantitative estimate of drug-likeness (QED) is 0.806. The maximum Gasteiger partial charge on any atom is 0.105 e. The molecule has 1 aliphatic rings. The average Bonchev–Trinajstić information content (AvgIpc) is 2.64. The molecule has 0 unspecified atom stereocenters. The molecule has 86 valence electrons. The number of rotatable bonds is 1. The van der Waals surface area contributed by atoms with Gasteiger partial charge in [0.05, 0.1) is 0 Å². The first kappa shape index (κ1) is 10.4. The SMILES string of the molecule is CN(C)c1ccc2c(c1)[C@@H](O)c1ccccc1-2. The first-order chi connectivity index (χ1) is 8.18. The minimum absolute atomic E-state index is 0.485. The molecule has 2 heteroatoms. The number of nitrogens with zero attached hydrogens (tertiary/aromatic N) is 1. The molecule has 0 heterocycles. The van der Waals surface area contributed by atoms with Crippen LogP contribution in [0.25, 0.3) is 11.1 Å². The molecule has 0 saturated carbocycles. The van der Waals surface area contributed by atoms with Gasteiger partial charge in [0.15, 0.2) is 0 Å². The van der Waals surface area contributed by atoms with Gasteiger partial charge in [-0.25, -0.2) is 0 Å². The molecule has 2 aromatic rings. The maximum absolute atomic E-state index is 10.3. The summed E-state index contributed by atoms with van der Waals surface area (Å²) in [5, 5.41) is 10.3. The van der Waals surface area contributed by atoms with Crippen molar-refractivity contribution in [2.24, 2.45) is 0 Å². The second kappa shape index (κ2) is 3.60. The van der Waals surface area contributed by atoms with Gasteiger partial charge in [0, 0.05) is 19.8 Å². The number of fused-ring (bicyclic) bond motifs is 3. The standard InChI is InChI=1S/C15H15NO/c1-16(2)10-7-8-12-11-5-3-4-6-13(11)15(17)14(12)9-10/h3-9,15,17H,1-2H3/t15-/m0/s1. The van der Waals surface area contributed by atoms with E-state index in [1.165, 1.54) is 0 Å². The van der Waals surface area contributed by atoms with Crippen molar-refractivity contribution in [2.75, 3.05) is 19.0 Å². The predicted molar refractivity (Wildman–Crippen MR) is 70.3 cm³/mol. The highest BCUT2D eigenvalue weighted by atomic mass is 16.3. The highest BCUT2D eigenvalue weighted by molar-refractivity contribution is 5.79. The third-order valence-corrected chi connectivity index (χ3v) is 3.39. The van der Waals surface area contributed by atoms with Crippen LogP contribution in [0.1, 0.15) is 17.2 Å². The van der Waals surface area contributed by atoms with Crippen LogP contribution in [-0.2, 0) is 0 Å². The number of benzene rings is 2. The zero-order valence-electron chi connectivity index (χ0n) is 10.0. The van der Waals surface area contributed by atoms with Crippen LogP contribution in [0.15, 0.2) is 42.5 Å². The fourth-order valence-corrected chi connectivity index (χ4v) is 2.45. The van der Waals surface area contributed by atoms with E-state index in [0.29, 0.717) is 0 Å². The van der Waals surface area contributed by atoms with Crippen molar-refractivity contribution < 1.29 is 5.11 Å². The van der Waals surface area contributed by atoms with E-state index in [1.807, 2.05) is 32.3 Å². The molecule has 0 spiro atoms. The van der Waals surface area contributed by atoms with Gasteiger partial charge in [0.25, 0.3) is 0 Å². The van der Waals surface area contributed by atoms with Crippen LogP contribution in [-0.4, -0.2) is 19.2 Å². The summed E-state index contributed by atoms with van der Waals surface area (Å²) in [4.78, 5) is 2.05. The topological polar surface area (TPSA) is 23.5 Å². The minimum atomic E-state index is -0.485. The molecule has 2 nitrogen and oxygen atoms in total. The van der Waals surface area contributed by atoms with Crippen LogP contribution >= 0.6 is 0 Å². The van der Waals surface area contributed by atoms with Crippen LogP contribution in [0.3, 0.4) is 0 Å². The van der Waals surface area contributed by atoms with E-state index in [1.54, 1.807) is 0 Å². The van der Waals surface area contributed by atoms with Gasteiger partial charge in [-0.05, 0) is 34.4 Å². The van der Waals surface area contributed by atoms with Crippen molar-refractivity contribution in [3.8, 4) is 11.1 Å².